The second kappa shape index (κ2) is 18.7. The highest BCUT2D eigenvalue weighted by Crippen LogP contribution is 2.71. The molecular weight excluding hydrogens is 811 g/mol. The Labute approximate surface area is 386 Å². The molecule has 344 valence electrons. The summed E-state index contributed by atoms with van der Waals surface area (Å²) in [6.45, 7) is 36.2. The molecule has 0 heterocycles. The first kappa shape index (κ1) is 50.0. The second-order valence-electron chi connectivity index (χ2n) is 23.6. The lowest BCUT2D eigenvalue weighted by Gasteiger charge is -2.50. The minimum atomic E-state index is -2.10. The quantitative estimate of drug-likeness (QED) is 0.123. The Kier molecular flexibility index (Phi) is 14.8. The zero-order valence-corrected chi connectivity index (χ0v) is 43.8. The van der Waals surface area contributed by atoms with Gasteiger partial charge < -0.3 is 18.8 Å². The Morgan fingerprint density at radius 1 is 0.460 bits per heavy atom. The van der Waals surface area contributed by atoms with Crippen molar-refractivity contribution in [3.63, 3.8) is 0 Å². The van der Waals surface area contributed by atoms with E-state index in [1.165, 1.54) is 66.8 Å². The molecule has 6 heteroatoms. The van der Waals surface area contributed by atoms with Gasteiger partial charge in [-0.2, -0.15) is 0 Å². The molecule has 2 fully saturated rings. The molecule has 2 aliphatic rings. The maximum atomic E-state index is 13.2. The van der Waals surface area contributed by atoms with Gasteiger partial charge in [0.1, 0.15) is 0 Å². The predicted octanol–water partition coefficient (Wildman–Crippen LogP) is 16.5. The van der Waals surface area contributed by atoms with Crippen LogP contribution in [0.15, 0.2) is 72.8 Å². The zero-order chi connectivity index (χ0) is 46.5. The van der Waals surface area contributed by atoms with Crippen LogP contribution in [-0.4, -0.2) is 16.6 Å². The summed E-state index contributed by atoms with van der Waals surface area (Å²) in [4.78, 5) is 26.3. The summed E-state index contributed by atoms with van der Waals surface area (Å²) in [5.41, 5.74) is 14.7. The lowest BCUT2D eigenvalue weighted by molar-refractivity contribution is 0.101. The zero-order valence-electron chi connectivity index (χ0n) is 42.1. The van der Waals surface area contributed by atoms with Crippen LogP contribution >= 0.6 is 16.8 Å². The molecule has 2 aliphatic carbocycles. The summed E-state index contributed by atoms with van der Waals surface area (Å²) >= 11 is 0. The van der Waals surface area contributed by atoms with E-state index in [2.05, 4.69) is 184 Å². The minimum Gasteiger partial charge on any atom is -0.349 e. The van der Waals surface area contributed by atoms with Crippen LogP contribution in [0, 0.1) is 27.7 Å². The third-order valence-electron chi connectivity index (χ3n) is 14.5. The molecule has 2 saturated carbocycles. The molecule has 0 amide bonds. The van der Waals surface area contributed by atoms with Gasteiger partial charge in [0.25, 0.3) is 0 Å². The average molecular weight is 893 g/mol. The minimum absolute atomic E-state index is 0.0324. The molecule has 4 aromatic rings. The van der Waals surface area contributed by atoms with Gasteiger partial charge in [-0.25, -0.2) is 0 Å². The van der Waals surface area contributed by atoms with Gasteiger partial charge in [0, 0.05) is 11.8 Å². The monoisotopic (exact) mass is 893 g/mol. The van der Waals surface area contributed by atoms with Gasteiger partial charge in [-0.05, 0) is 120 Å². The van der Waals surface area contributed by atoms with E-state index in [1.54, 1.807) is 0 Å². The van der Waals surface area contributed by atoms with Crippen molar-refractivity contribution < 1.29 is 18.8 Å². The normalized spacial score (nSPS) is 23.7. The van der Waals surface area contributed by atoms with Crippen molar-refractivity contribution >= 4 is 16.8 Å². The molecule has 0 radical (unpaired) electrons. The molecule has 63 heavy (non-hydrogen) atoms. The van der Waals surface area contributed by atoms with Crippen molar-refractivity contribution in [1.82, 2.24) is 0 Å². The van der Waals surface area contributed by atoms with Gasteiger partial charge >= 0.3 is 0 Å². The van der Waals surface area contributed by atoms with E-state index in [0.29, 0.717) is 0 Å². The van der Waals surface area contributed by atoms with E-state index in [1.807, 2.05) is 0 Å². The van der Waals surface area contributed by atoms with E-state index in [0.717, 1.165) is 51.4 Å². The summed E-state index contributed by atoms with van der Waals surface area (Å²) in [7, 11) is -4.21. The number of hydrogen-bond donors (Lipinski definition) is 2. The van der Waals surface area contributed by atoms with Crippen LogP contribution in [0.3, 0.4) is 0 Å². The highest BCUT2D eigenvalue weighted by atomic mass is 31.2. The molecule has 0 bridgehead atoms. The summed E-state index contributed by atoms with van der Waals surface area (Å²) in [6.07, 6.45) is 7.72. The predicted molar refractivity (Wildman–Crippen MR) is 271 cm³/mol. The largest absolute Gasteiger partial charge is 0.349 e. The fourth-order valence-corrected chi connectivity index (χ4v) is 14.8. The van der Waals surface area contributed by atoms with Crippen LogP contribution in [0.25, 0.3) is 0 Å². The third-order valence-corrected chi connectivity index (χ3v) is 18.1. The Hall–Kier alpha value is -2.42. The lowest BCUT2D eigenvalue weighted by atomic mass is 9.65. The van der Waals surface area contributed by atoms with Crippen LogP contribution < -0.4 is 0 Å². The molecular formula is C57H82O4P2. The highest BCUT2D eigenvalue weighted by Gasteiger charge is 2.55. The first-order chi connectivity index (χ1) is 29.2. The molecule has 2 N–H and O–H groups in total. The van der Waals surface area contributed by atoms with Gasteiger partial charge in [0.15, 0.2) is 23.5 Å². The van der Waals surface area contributed by atoms with Gasteiger partial charge in [-0.1, -0.05) is 204 Å². The van der Waals surface area contributed by atoms with Gasteiger partial charge in [-0.15, -0.1) is 0 Å². The van der Waals surface area contributed by atoms with Crippen LogP contribution in [0.2, 0.25) is 0 Å². The molecule has 6 rings (SSSR count). The van der Waals surface area contributed by atoms with Gasteiger partial charge in [-0.3, -0.25) is 0 Å². The van der Waals surface area contributed by atoms with E-state index in [-0.39, 0.29) is 40.3 Å². The Morgan fingerprint density at radius 3 is 1.08 bits per heavy atom. The first-order valence-corrected chi connectivity index (χ1v) is 26.3. The maximum absolute atomic E-state index is 13.2. The number of rotatable bonds is 10. The Balaban J connectivity index is 1.49. The van der Waals surface area contributed by atoms with Gasteiger partial charge in [0.2, 0.25) is 0 Å². The molecule has 0 spiro atoms. The summed E-state index contributed by atoms with van der Waals surface area (Å²) < 4.78 is 13.8. The topological polar surface area (TPSA) is 58.9 Å². The van der Waals surface area contributed by atoms with E-state index in [9.17, 15) is 9.79 Å². The summed E-state index contributed by atoms with van der Waals surface area (Å²) in [5.74, 6) is 0.0647. The number of hydrogen-bond acceptors (Lipinski definition) is 4. The SMILES string of the molecule is Cc1ccc(C2CCCCC2(c2ccc(C)cc2C(C)(C)C)P(O)OCOP(O)C2(c3ccc(C)cc3C(C)(C)C)CCCCC2c2ccc(C)cc2C(C)(C)C)c(C(C)(C)C)c1. The van der Waals surface area contributed by atoms with E-state index >= 15 is 0 Å². The van der Waals surface area contributed by atoms with Crippen molar-refractivity contribution in [3.05, 3.63) is 140 Å². The lowest BCUT2D eigenvalue weighted by Crippen LogP contribution is -2.40. The highest BCUT2D eigenvalue weighted by molar-refractivity contribution is 7.48. The maximum Gasteiger partial charge on any atom is 0.181 e. The third kappa shape index (κ3) is 10.1. The van der Waals surface area contributed by atoms with Crippen molar-refractivity contribution in [3.8, 4) is 0 Å². The van der Waals surface area contributed by atoms with Crippen molar-refractivity contribution in [2.24, 2.45) is 0 Å². The fraction of sp³-hybridized carbons (Fsp3) is 0.579. The van der Waals surface area contributed by atoms with Crippen LogP contribution in [-0.2, 0) is 41.0 Å². The van der Waals surface area contributed by atoms with Crippen LogP contribution in [0.4, 0.5) is 0 Å². The molecule has 6 unspecified atom stereocenters. The van der Waals surface area contributed by atoms with Crippen LogP contribution in [0.5, 0.6) is 0 Å². The van der Waals surface area contributed by atoms with Crippen molar-refractivity contribution in [2.75, 3.05) is 6.79 Å². The van der Waals surface area contributed by atoms with E-state index in [4.69, 9.17) is 9.05 Å². The molecule has 0 aliphatic heterocycles. The van der Waals surface area contributed by atoms with Crippen molar-refractivity contribution in [2.45, 2.75) is 206 Å². The average Bonchev–Trinajstić information content (AvgIpc) is 3.19. The molecule has 0 saturated heterocycles. The van der Waals surface area contributed by atoms with Crippen molar-refractivity contribution in [1.29, 1.82) is 0 Å². The molecule has 6 atom stereocenters. The fourth-order valence-electron chi connectivity index (χ4n) is 11.4. The first-order valence-electron chi connectivity index (χ1n) is 23.9. The van der Waals surface area contributed by atoms with Crippen LogP contribution in [0.1, 0.15) is 213 Å². The number of benzene rings is 4. The summed E-state index contributed by atoms with van der Waals surface area (Å²) in [6, 6.07) is 27.7. The second-order valence-corrected chi connectivity index (χ2v) is 26.9. The smallest absolute Gasteiger partial charge is 0.181 e. The molecule has 0 aromatic heterocycles. The molecule has 4 nitrogen and oxygen atoms in total. The Bertz CT molecular complexity index is 2080. The Morgan fingerprint density at radius 2 is 0.762 bits per heavy atom. The van der Waals surface area contributed by atoms with E-state index < -0.39 is 27.1 Å². The number of aryl methyl sites for hydroxylation is 4. The molecule has 4 aromatic carbocycles. The summed E-state index contributed by atoms with van der Waals surface area (Å²) in [5, 5.41) is -1.38. The standard InChI is InChI=1S/C57H82O4P2/c1-38-23-27-42(48(33-38)52(5,6)7)44-21-17-19-31-56(44,46-29-25-40(3)35-50(46)54(11,12)13)62(58)60-37-61-63(59)57(47-30-26-41(4)36-51(47)55(14,15)16)32-20-18-22-45(57)43-28-24-39(2)34-49(43)53(8,9)10/h23-30,33-36,44-45,58-59H,17-22,31-32,37H2,1-16H3. The van der Waals surface area contributed by atoms with Gasteiger partial charge in [0.05, 0.1) is 10.3 Å².